The molecule has 0 aliphatic carbocycles. The number of nitrogens with one attached hydrogen (secondary N) is 1. The van der Waals surface area contributed by atoms with Crippen molar-refractivity contribution in [3.05, 3.63) is 83.1 Å². The van der Waals surface area contributed by atoms with Crippen molar-refractivity contribution in [2.45, 2.75) is 6.61 Å². The van der Waals surface area contributed by atoms with Gasteiger partial charge >= 0.3 is 0 Å². The number of hydrogen-bond donors (Lipinski definition) is 1. The number of amides is 1. The van der Waals surface area contributed by atoms with Crippen molar-refractivity contribution in [3.63, 3.8) is 0 Å². The van der Waals surface area contributed by atoms with E-state index in [2.05, 4.69) is 10.3 Å². The number of rotatable bonds is 6. The smallest absolute Gasteiger partial charge is 0.259 e. The van der Waals surface area contributed by atoms with E-state index in [-0.39, 0.29) is 12.5 Å². The van der Waals surface area contributed by atoms with Crippen LogP contribution in [0.15, 0.2) is 67.0 Å². The Bertz CT molecular complexity index is 901. The Morgan fingerprint density at radius 3 is 2.73 bits per heavy atom. The Kier molecular flexibility index (Phi) is 5.71. The number of pyridine rings is 1. The lowest BCUT2D eigenvalue weighted by atomic mass is 10.1. The molecule has 3 aromatic rings. The van der Waals surface area contributed by atoms with Crippen molar-refractivity contribution in [1.29, 1.82) is 0 Å². The number of anilines is 1. The van der Waals surface area contributed by atoms with Crippen LogP contribution in [0, 0.1) is 0 Å². The van der Waals surface area contributed by atoms with Crippen molar-refractivity contribution >= 4 is 23.2 Å². The molecule has 0 unspecified atom stereocenters. The Balaban J connectivity index is 1.83. The summed E-state index contributed by atoms with van der Waals surface area (Å²) < 4.78 is 11.1. The molecule has 26 heavy (non-hydrogen) atoms. The van der Waals surface area contributed by atoms with Crippen LogP contribution in [0.25, 0.3) is 0 Å². The third-order valence-electron chi connectivity index (χ3n) is 3.69. The molecular weight excluding hydrogens is 352 g/mol. The van der Waals surface area contributed by atoms with Crippen molar-refractivity contribution in [2.75, 3.05) is 12.4 Å². The zero-order valence-corrected chi connectivity index (χ0v) is 14.9. The second kappa shape index (κ2) is 8.36. The first-order chi connectivity index (χ1) is 12.7. The minimum absolute atomic E-state index is 0.249. The molecule has 1 heterocycles. The van der Waals surface area contributed by atoms with Crippen LogP contribution < -0.4 is 14.8 Å². The Morgan fingerprint density at radius 1 is 1.15 bits per heavy atom. The van der Waals surface area contributed by atoms with Crippen LogP contribution in [0.1, 0.15) is 15.9 Å². The second-order valence-electron chi connectivity index (χ2n) is 5.44. The summed E-state index contributed by atoms with van der Waals surface area (Å²) in [4.78, 5) is 16.7. The highest BCUT2D eigenvalue weighted by Gasteiger charge is 2.15. The molecule has 132 valence electrons. The van der Waals surface area contributed by atoms with Gasteiger partial charge in [-0.15, -0.1) is 0 Å². The summed E-state index contributed by atoms with van der Waals surface area (Å²) in [5.41, 5.74) is 1.79. The van der Waals surface area contributed by atoms with Gasteiger partial charge in [0.25, 0.3) is 5.91 Å². The van der Waals surface area contributed by atoms with E-state index < -0.39 is 0 Å². The number of nitrogens with zero attached hydrogens (tertiary/aromatic N) is 1. The van der Waals surface area contributed by atoms with Gasteiger partial charge < -0.3 is 14.8 Å². The number of benzene rings is 2. The minimum atomic E-state index is -0.314. The molecule has 0 bridgehead atoms. The van der Waals surface area contributed by atoms with Crippen LogP contribution in [0.2, 0.25) is 5.02 Å². The van der Waals surface area contributed by atoms with Gasteiger partial charge in [0.05, 0.1) is 24.6 Å². The molecule has 1 aromatic heterocycles. The average Bonchev–Trinajstić information content (AvgIpc) is 2.68. The van der Waals surface area contributed by atoms with Crippen LogP contribution in [0.5, 0.6) is 11.5 Å². The average molecular weight is 369 g/mol. The molecule has 0 atom stereocenters. The fourth-order valence-electron chi connectivity index (χ4n) is 2.35. The van der Waals surface area contributed by atoms with Gasteiger partial charge in [0, 0.05) is 16.8 Å². The summed E-state index contributed by atoms with van der Waals surface area (Å²) in [5.74, 6) is 0.685. The van der Waals surface area contributed by atoms with E-state index >= 15 is 0 Å². The molecule has 1 amide bonds. The third kappa shape index (κ3) is 4.32. The van der Waals surface area contributed by atoms with Gasteiger partial charge in [-0.2, -0.15) is 0 Å². The molecule has 0 spiro atoms. The molecule has 0 saturated heterocycles. The lowest BCUT2D eigenvalue weighted by molar-refractivity contribution is 0.102. The van der Waals surface area contributed by atoms with E-state index in [1.54, 1.807) is 55.9 Å². The fraction of sp³-hybridized carbons (Fsp3) is 0.100. The molecule has 1 N–H and O–H groups in total. The highest BCUT2D eigenvalue weighted by molar-refractivity contribution is 6.31. The van der Waals surface area contributed by atoms with E-state index in [0.717, 1.165) is 5.56 Å². The number of carbonyl (C=O) groups excluding carboxylic acids is 1. The lowest BCUT2D eigenvalue weighted by Gasteiger charge is -2.13. The molecule has 0 saturated carbocycles. The summed E-state index contributed by atoms with van der Waals surface area (Å²) >= 11 is 6.16. The molecule has 3 rings (SSSR count). The Labute approximate surface area is 156 Å². The minimum Gasteiger partial charge on any atom is -0.497 e. The summed E-state index contributed by atoms with van der Waals surface area (Å²) in [6.45, 7) is 0.249. The predicted octanol–water partition coefficient (Wildman–Crippen LogP) is 4.57. The maximum Gasteiger partial charge on any atom is 0.259 e. The number of methoxy groups -OCH3 is 1. The van der Waals surface area contributed by atoms with Crippen molar-refractivity contribution in [2.24, 2.45) is 0 Å². The lowest BCUT2D eigenvalue weighted by Crippen LogP contribution is -2.14. The number of carbonyl (C=O) groups is 1. The Hall–Kier alpha value is -3.05. The maximum absolute atomic E-state index is 12.7. The first-order valence-corrected chi connectivity index (χ1v) is 8.31. The summed E-state index contributed by atoms with van der Waals surface area (Å²) in [6.07, 6.45) is 3.21. The van der Waals surface area contributed by atoms with Crippen molar-refractivity contribution in [1.82, 2.24) is 4.98 Å². The molecule has 0 aliphatic rings. The molecule has 0 fully saturated rings. The van der Waals surface area contributed by atoms with Crippen LogP contribution in [-0.2, 0) is 6.61 Å². The quantitative estimate of drug-likeness (QED) is 0.692. The predicted molar refractivity (Wildman–Crippen MR) is 101 cm³/mol. The van der Waals surface area contributed by atoms with E-state index in [0.29, 0.717) is 27.8 Å². The number of hydrogen-bond acceptors (Lipinski definition) is 4. The van der Waals surface area contributed by atoms with E-state index in [1.807, 2.05) is 18.2 Å². The first kappa shape index (κ1) is 17.8. The molecular formula is C20H17ClN2O3. The monoisotopic (exact) mass is 368 g/mol. The van der Waals surface area contributed by atoms with Gasteiger partial charge in [-0.1, -0.05) is 29.8 Å². The molecule has 0 radical (unpaired) electrons. The highest BCUT2D eigenvalue weighted by Crippen LogP contribution is 2.27. The fourth-order valence-corrected chi connectivity index (χ4v) is 2.54. The molecule has 2 aromatic carbocycles. The zero-order chi connectivity index (χ0) is 18.4. The normalized spacial score (nSPS) is 10.2. The number of ether oxygens (including phenoxy) is 2. The number of aromatic nitrogens is 1. The van der Waals surface area contributed by atoms with E-state index in [1.165, 1.54) is 0 Å². The first-order valence-electron chi connectivity index (χ1n) is 7.93. The largest absolute Gasteiger partial charge is 0.497 e. The van der Waals surface area contributed by atoms with Gasteiger partial charge in [-0.3, -0.25) is 9.78 Å². The van der Waals surface area contributed by atoms with Gasteiger partial charge in [-0.05, 0) is 36.4 Å². The van der Waals surface area contributed by atoms with Crippen molar-refractivity contribution in [3.8, 4) is 11.5 Å². The summed E-state index contributed by atoms with van der Waals surface area (Å²) in [5, 5.41) is 3.41. The van der Waals surface area contributed by atoms with Crippen LogP contribution in [0.4, 0.5) is 5.69 Å². The topological polar surface area (TPSA) is 60.5 Å². The standard InChI is InChI=1S/C20H17ClN2O3/c1-25-16-8-9-19(26-13-14-5-2-3-7-18(14)21)17(11-16)20(24)23-15-6-4-10-22-12-15/h2-12H,13H2,1H3,(H,23,24). The SMILES string of the molecule is COc1ccc(OCc2ccccc2Cl)c(C(=O)Nc2cccnc2)c1. The Morgan fingerprint density at radius 2 is 2.00 bits per heavy atom. The summed E-state index contributed by atoms with van der Waals surface area (Å²) in [6, 6.07) is 16.0. The molecule has 5 nitrogen and oxygen atoms in total. The third-order valence-corrected chi connectivity index (χ3v) is 4.06. The number of halogens is 1. The van der Waals surface area contributed by atoms with Gasteiger partial charge in [-0.25, -0.2) is 0 Å². The van der Waals surface area contributed by atoms with Gasteiger partial charge in [0.2, 0.25) is 0 Å². The molecule has 6 heteroatoms. The highest BCUT2D eigenvalue weighted by atomic mass is 35.5. The van der Waals surface area contributed by atoms with Crippen LogP contribution in [-0.4, -0.2) is 18.0 Å². The van der Waals surface area contributed by atoms with Gasteiger partial charge in [0.1, 0.15) is 18.1 Å². The van der Waals surface area contributed by atoms with Crippen molar-refractivity contribution < 1.29 is 14.3 Å². The van der Waals surface area contributed by atoms with Gasteiger partial charge in [0.15, 0.2) is 0 Å². The second-order valence-corrected chi connectivity index (χ2v) is 5.85. The van der Waals surface area contributed by atoms with E-state index in [4.69, 9.17) is 21.1 Å². The molecule has 0 aliphatic heterocycles. The summed E-state index contributed by atoms with van der Waals surface area (Å²) in [7, 11) is 1.54. The zero-order valence-electron chi connectivity index (χ0n) is 14.1. The van der Waals surface area contributed by atoms with Crippen LogP contribution >= 0.6 is 11.6 Å². The van der Waals surface area contributed by atoms with E-state index in [9.17, 15) is 4.79 Å². The maximum atomic E-state index is 12.7. The van der Waals surface area contributed by atoms with Crippen LogP contribution in [0.3, 0.4) is 0 Å².